The summed E-state index contributed by atoms with van der Waals surface area (Å²) in [5.74, 6) is -1.55. The van der Waals surface area contributed by atoms with Gasteiger partial charge >= 0.3 is 41.5 Å². The molecule has 0 heterocycles. The van der Waals surface area contributed by atoms with E-state index in [1.807, 2.05) is 12.2 Å². The molecule has 0 amide bonds. The van der Waals surface area contributed by atoms with Gasteiger partial charge in [0.15, 0.2) is 0 Å². The third-order valence-electron chi connectivity index (χ3n) is 10.3. The van der Waals surface area contributed by atoms with Gasteiger partial charge in [-0.15, -0.1) is 13.2 Å². The minimum atomic E-state index is -4.82. The zero-order valence-electron chi connectivity index (χ0n) is 35.1. The smallest absolute Gasteiger partial charge is 0.744 e. The fourth-order valence-corrected chi connectivity index (χ4v) is 7.39. The summed E-state index contributed by atoms with van der Waals surface area (Å²) >= 11 is 0. The number of carbonyl (C=O) groups is 2. The van der Waals surface area contributed by atoms with Crippen LogP contribution in [0.1, 0.15) is 226 Å². The molecule has 0 aliphatic heterocycles. The van der Waals surface area contributed by atoms with Crippen LogP contribution in [0.4, 0.5) is 0 Å². The number of allylic oxidation sites excluding steroid dienone is 2. The van der Waals surface area contributed by atoms with E-state index in [1.54, 1.807) is 0 Å². The molecule has 0 aliphatic carbocycles. The van der Waals surface area contributed by atoms with Crippen LogP contribution in [-0.4, -0.2) is 38.1 Å². The van der Waals surface area contributed by atoms with Crippen LogP contribution in [0.3, 0.4) is 0 Å². The van der Waals surface area contributed by atoms with E-state index >= 15 is 0 Å². The Balaban J connectivity index is 0.0000292. The van der Waals surface area contributed by atoms with Crippen LogP contribution < -0.4 is 29.6 Å². The van der Waals surface area contributed by atoms with Gasteiger partial charge in [-0.25, -0.2) is 18.0 Å². The second-order valence-corrected chi connectivity index (χ2v) is 16.6. The monoisotopic (exact) mass is 797 g/mol. The molecule has 0 saturated heterocycles. The summed E-state index contributed by atoms with van der Waals surface area (Å²) < 4.78 is 45.8. The summed E-state index contributed by atoms with van der Waals surface area (Å²) in [6, 6.07) is 3.14. The molecule has 0 spiro atoms. The van der Waals surface area contributed by atoms with E-state index in [0.717, 1.165) is 63.5 Å². The van der Waals surface area contributed by atoms with Crippen molar-refractivity contribution in [2.45, 2.75) is 210 Å². The Hall–Kier alpha value is -1.45. The fourth-order valence-electron chi connectivity index (χ4n) is 6.89. The maximum Gasteiger partial charge on any atom is 1.00 e. The first kappa shape index (κ1) is 53.6. The second-order valence-electron chi connectivity index (χ2n) is 15.2. The Morgan fingerprint density at radius 3 is 1.04 bits per heavy atom. The number of carbonyl (C=O) groups excluding carboxylic acids is 2. The van der Waals surface area contributed by atoms with E-state index in [2.05, 4.69) is 13.2 Å². The molecule has 7 nitrogen and oxygen atoms in total. The molecule has 0 fully saturated rings. The van der Waals surface area contributed by atoms with Crippen LogP contribution in [0.25, 0.3) is 0 Å². The first-order valence-corrected chi connectivity index (χ1v) is 23.4. The first-order chi connectivity index (χ1) is 26.3. The Labute approximate surface area is 359 Å². The topological polar surface area (TPSA) is 110 Å². The standard InChI is InChI=1S/C46H78O7S.Na/c1-3-5-7-9-11-13-15-17-19-21-23-25-27-29-31-33-35-39-52-45(47)43-38-37-42(54(49,50)51)41-44(43)46(48)53-40-36-34-32-30-28-26-24-22-20-18-16-14-12-10-8-6-4-2;/h3-4,37-38,41H,1-2,5-36,39-40H2,(H,49,50,51);/q;+1/p-1. The van der Waals surface area contributed by atoms with Crippen molar-refractivity contribution in [1.29, 1.82) is 0 Å². The minimum Gasteiger partial charge on any atom is -0.744 e. The summed E-state index contributed by atoms with van der Waals surface area (Å²) in [5.41, 5.74) is -0.338. The number of rotatable bonds is 39. The zero-order valence-corrected chi connectivity index (χ0v) is 37.9. The van der Waals surface area contributed by atoms with Crippen molar-refractivity contribution in [3.63, 3.8) is 0 Å². The van der Waals surface area contributed by atoms with Crippen molar-refractivity contribution in [2.75, 3.05) is 13.2 Å². The molecule has 0 aromatic heterocycles. The zero-order chi connectivity index (χ0) is 39.4. The molecule has 0 radical (unpaired) electrons. The minimum absolute atomic E-state index is 0. The maximum absolute atomic E-state index is 12.9. The average Bonchev–Trinajstić information content (AvgIpc) is 3.16. The summed E-state index contributed by atoms with van der Waals surface area (Å²) in [6.45, 7) is 7.92. The number of esters is 2. The van der Waals surface area contributed by atoms with Gasteiger partial charge in [0.05, 0.1) is 29.2 Å². The summed E-state index contributed by atoms with van der Waals surface area (Å²) in [7, 11) is -4.82. The molecule has 0 saturated carbocycles. The van der Waals surface area contributed by atoms with Gasteiger partial charge in [0, 0.05) is 0 Å². The average molecular weight is 797 g/mol. The second kappa shape index (κ2) is 38.1. The largest absolute Gasteiger partial charge is 1.00 e. The number of ether oxygens (including phenoxy) is 2. The molecule has 0 unspecified atom stereocenters. The summed E-state index contributed by atoms with van der Waals surface area (Å²) in [5, 5.41) is 0. The molecule has 0 N–H and O–H groups in total. The van der Waals surface area contributed by atoms with Crippen molar-refractivity contribution in [3.05, 3.63) is 54.6 Å². The van der Waals surface area contributed by atoms with E-state index in [4.69, 9.17) is 9.47 Å². The number of hydrogen-bond acceptors (Lipinski definition) is 7. The molecule has 1 rings (SSSR count). The van der Waals surface area contributed by atoms with Gasteiger partial charge in [0.25, 0.3) is 0 Å². The predicted molar refractivity (Wildman–Crippen MR) is 223 cm³/mol. The van der Waals surface area contributed by atoms with Gasteiger partial charge < -0.3 is 14.0 Å². The van der Waals surface area contributed by atoms with Gasteiger partial charge in [-0.2, -0.15) is 0 Å². The molecule has 55 heavy (non-hydrogen) atoms. The normalized spacial score (nSPS) is 11.2. The van der Waals surface area contributed by atoms with E-state index in [-0.39, 0.29) is 53.9 Å². The molecule has 0 bridgehead atoms. The number of benzene rings is 1. The molecule has 1 aromatic carbocycles. The third-order valence-corrected chi connectivity index (χ3v) is 11.1. The Kier molecular flexibility index (Phi) is 37.1. The van der Waals surface area contributed by atoms with E-state index in [1.165, 1.54) is 147 Å². The van der Waals surface area contributed by atoms with Gasteiger partial charge in [-0.05, 0) is 56.7 Å². The Morgan fingerprint density at radius 2 is 0.745 bits per heavy atom. The van der Waals surface area contributed by atoms with Crippen molar-refractivity contribution >= 4 is 22.1 Å². The predicted octanol–water partition coefficient (Wildman–Crippen LogP) is 10.8. The number of hydrogen-bond donors (Lipinski definition) is 0. The van der Waals surface area contributed by atoms with Crippen LogP contribution in [-0.2, 0) is 19.6 Å². The molecular formula is C46H77NaO7S. The molecule has 310 valence electrons. The van der Waals surface area contributed by atoms with Gasteiger partial charge in [0.2, 0.25) is 0 Å². The molecular weight excluding hydrogens is 720 g/mol. The van der Waals surface area contributed by atoms with E-state index < -0.39 is 27.0 Å². The molecule has 1 aromatic rings. The van der Waals surface area contributed by atoms with Crippen LogP contribution in [0.15, 0.2) is 48.4 Å². The van der Waals surface area contributed by atoms with Gasteiger partial charge in [-0.1, -0.05) is 179 Å². The third kappa shape index (κ3) is 31.3. The van der Waals surface area contributed by atoms with Crippen LogP contribution in [0.2, 0.25) is 0 Å². The van der Waals surface area contributed by atoms with Gasteiger partial charge in [0.1, 0.15) is 10.1 Å². The summed E-state index contributed by atoms with van der Waals surface area (Å²) in [6.07, 6.45) is 42.9. The molecule has 9 heteroatoms. The first-order valence-electron chi connectivity index (χ1n) is 22.0. The van der Waals surface area contributed by atoms with Crippen LogP contribution in [0, 0.1) is 0 Å². The van der Waals surface area contributed by atoms with Gasteiger partial charge in [-0.3, -0.25) is 0 Å². The Bertz CT molecular complexity index is 1220. The maximum atomic E-state index is 12.9. The van der Waals surface area contributed by atoms with Crippen molar-refractivity contribution in [1.82, 2.24) is 0 Å². The van der Waals surface area contributed by atoms with Crippen molar-refractivity contribution < 1.29 is 61.6 Å². The SMILES string of the molecule is C=CCCCCCCCCCCCCCCCCCOC(=O)c1ccc(S(=O)(=O)[O-])cc1C(=O)OCCCCCCCCCCCCCCCCCC=C.[Na+]. The summed E-state index contributed by atoms with van der Waals surface area (Å²) in [4.78, 5) is 25.2. The van der Waals surface area contributed by atoms with Crippen LogP contribution >= 0.6 is 0 Å². The number of unbranched alkanes of at least 4 members (excludes halogenated alkanes) is 30. The quantitative estimate of drug-likeness (QED) is 0.0214. The van der Waals surface area contributed by atoms with E-state index in [0.29, 0.717) is 12.8 Å². The molecule has 0 atom stereocenters. The molecule has 0 aliphatic rings. The van der Waals surface area contributed by atoms with Crippen LogP contribution in [0.5, 0.6) is 0 Å². The van der Waals surface area contributed by atoms with Crippen molar-refractivity contribution in [2.24, 2.45) is 0 Å². The fraction of sp³-hybridized carbons (Fsp3) is 0.739. The Morgan fingerprint density at radius 1 is 0.473 bits per heavy atom. The van der Waals surface area contributed by atoms with Crippen molar-refractivity contribution in [3.8, 4) is 0 Å². The van der Waals surface area contributed by atoms with E-state index in [9.17, 15) is 22.6 Å².